The summed E-state index contributed by atoms with van der Waals surface area (Å²) in [4.78, 5) is 13.1. The van der Waals surface area contributed by atoms with Crippen LogP contribution in [0.1, 0.15) is 0 Å². The lowest BCUT2D eigenvalue weighted by Crippen LogP contribution is -2.40. The molecule has 19 heavy (non-hydrogen) atoms. The van der Waals surface area contributed by atoms with Crippen LogP contribution in [-0.2, 0) is 14.8 Å². The third-order valence-electron chi connectivity index (χ3n) is 2.35. The molecule has 1 aromatic rings. The molecule has 0 unspecified atom stereocenters. The van der Waals surface area contributed by atoms with E-state index in [4.69, 9.17) is 11.6 Å². The zero-order chi connectivity index (χ0) is 14.5. The SMILES string of the molecule is CNCCN(C)C(=O)CNS(=O)(=O)c1ccc(Cl)s1. The fraction of sp³-hybridized carbons (Fsp3) is 0.500. The van der Waals surface area contributed by atoms with Crippen LogP contribution in [0.25, 0.3) is 0 Å². The number of rotatable bonds is 7. The average molecular weight is 326 g/mol. The van der Waals surface area contributed by atoms with Crippen molar-refractivity contribution in [3.63, 3.8) is 0 Å². The Morgan fingerprint density at radius 3 is 2.68 bits per heavy atom. The van der Waals surface area contributed by atoms with Crippen molar-refractivity contribution in [1.82, 2.24) is 14.9 Å². The first kappa shape index (κ1) is 16.4. The second-order valence-corrected chi connectivity index (χ2v) is 7.51. The van der Waals surface area contributed by atoms with E-state index in [2.05, 4.69) is 10.0 Å². The average Bonchev–Trinajstić information content (AvgIpc) is 2.80. The molecule has 9 heteroatoms. The van der Waals surface area contributed by atoms with E-state index in [9.17, 15) is 13.2 Å². The van der Waals surface area contributed by atoms with Gasteiger partial charge in [0.2, 0.25) is 5.91 Å². The Hall–Kier alpha value is -0.670. The third-order valence-corrected chi connectivity index (χ3v) is 5.47. The van der Waals surface area contributed by atoms with Gasteiger partial charge in [-0.1, -0.05) is 11.6 Å². The molecule has 0 spiro atoms. The molecule has 0 atom stereocenters. The maximum absolute atomic E-state index is 11.8. The first-order chi connectivity index (χ1) is 8.86. The zero-order valence-corrected chi connectivity index (χ0v) is 13.0. The Morgan fingerprint density at radius 2 is 2.16 bits per heavy atom. The summed E-state index contributed by atoms with van der Waals surface area (Å²) < 4.78 is 26.4. The highest BCUT2D eigenvalue weighted by atomic mass is 35.5. The molecule has 0 bridgehead atoms. The number of halogens is 1. The molecule has 0 aliphatic heterocycles. The van der Waals surface area contributed by atoms with Crippen LogP contribution in [0.4, 0.5) is 0 Å². The quantitative estimate of drug-likeness (QED) is 0.758. The molecule has 0 saturated carbocycles. The van der Waals surface area contributed by atoms with E-state index < -0.39 is 10.0 Å². The molecule has 0 aliphatic carbocycles. The molecule has 0 saturated heterocycles. The van der Waals surface area contributed by atoms with Crippen LogP contribution in [0, 0.1) is 0 Å². The lowest BCUT2D eigenvalue weighted by Gasteiger charge is -2.16. The van der Waals surface area contributed by atoms with Gasteiger partial charge in [-0.3, -0.25) is 4.79 Å². The predicted octanol–water partition coefficient (Wildman–Crippen LogP) is 0.358. The van der Waals surface area contributed by atoms with E-state index in [0.717, 1.165) is 11.3 Å². The van der Waals surface area contributed by atoms with Crippen LogP contribution in [0.15, 0.2) is 16.3 Å². The maximum Gasteiger partial charge on any atom is 0.250 e. The monoisotopic (exact) mass is 325 g/mol. The summed E-state index contributed by atoms with van der Waals surface area (Å²) in [5, 5.41) is 2.91. The molecular weight excluding hydrogens is 310 g/mol. The lowest BCUT2D eigenvalue weighted by atomic mass is 10.5. The van der Waals surface area contributed by atoms with Gasteiger partial charge in [0.05, 0.1) is 10.9 Å². The lowest BCUT2D eigenvalue weighted by molar-refractivity contribution is -0.128. The largest absolute Gasteiger partial charge is 0.343 e. The summed E-state index contributed by atoms with van der Waals surface area (Å²) in [5.74, 6) is -0.290. The number of nitrogens with one attached hydrogen (secondary N) is 2. The summed E-state index contributed by atoms with van der Waals surface area (Å²) in [6.45, 7) is 0.898. The van der Waals surface area contributed by atoms with E-state index in [1.54, 1.807) is 14.1 Å². The van der Waals surface area contributed by atoms with Gasteiger partial charge < -0.3 is 10.2 Å². The van der Waals surface area contributed by atoms with Crippen molar-refractivity contribution in [2.45, 2.75) is 4.21 Å². The van der Waals surface area contributed by atoms with Crippen LogP contribution in [0.3, 0.4) is 0 Å². The van der Waals surface area contributed by atoms with Gasteiger partial charge in [0.1, 0.15) is 4.21 Å². The van der Waals surface area contributed by atoms with Crippen LogP contribution >= 0.6 is 22.9 Å². The summed E-state index contributed by atoms with van der Waals surface area (Å²) in [6, 6.07) is 2.91. The van der Waals surface area contributed by atoms with Gasteiger partial charge >= 0.3 is 0 Å². The number of hydrogen-bond donors (Lipinski definition) is 2. The molecule has 6 nitrogen and oxygen atoms in total. The number of hydrogen-bond acceptors (Lipinski definition) is 5. The molecule has 0 fully saturated rings. The van der Waals surface area contributed by atoms with Gasteiger partial charge in [-0.25, -0.2) is 13.1 Å². The van der Waals surface area contributed by atoms with Crippen molar-refractivity contribution in [3.05, 3.63) is 16.5 Å². The molecule has 1 amide bonds. The molecule has 1 aromatic heterocycles. The number of likely N-dealkylation sites (N-methyl/N-ethyl adjacent to an activating group) is 2. The fourth-order valence-corrected chi connectivity index (χ4v) is 3.71. The zero-order valence-electron chi connectivity index (χ0n) is 10.6. The van der Waals surface area contributed by atoms with Crippen LogP contribution in [-0.4, -0.2) is 53.0 Å². The smallest absolute Gasteiger partial charge is 0.250 e. The van der Waals surface area contributed by atoms with Crippen molar-refractivity contribution in [2.75, 3.05) is 33.7 Å². The number of amides is 1. The molecule has 0 aliphatic rings. The highest BCUT2D eigenvalue weighted by Crippen LogP contribution is 2.25. The van der Waals surface area contributed by atoms with Gasteiger partial charge in [0.25, 0.3) is 10.0 Å². The first-order valence-corrected chi connectivity index (χ1v) is 8.18. The number of nitrogens with zero attached hydrogens (tertiary/aromatic N) is 1. The van der Waals surface area contributed by atoms with Gasteiger partial charge in [0, 0.05) is 20.1 Å². The third kappa shape index (κ3) is 5.07. The Labute approximate surface area is 121 Å². The normalized spacial score (nSPS) is 11.5. The van der Waals surface area contributed by atoms with E-state index in [-0.39, 0.29) is 16.7 Å². The summed E-state index contributed by atoms with van der Waals surface area (Å²) in [6.07, 6.45) is 0. The standard InChI is InChI=1S/C10H16ClN3O3S2/c1-12-5-6-14(2)9(15)7-13-19(16,17)10-4-3-8(11)18-10/h3-4,12-13H,5-7H2,1-2H3. The van der Waals surface area contributed by atoms with Crippen molar-refractivity contribution in [1.29, 1.82) is 0 Å². The molecule has 1 heterocycles. The van der Waals surface area contributed by atoms with E-state index >= 15 is 0 Å². The summed E-state index contributed by atoms with van der Waals surface area (Å²) >= 11 is 6.63. The summed E-state index contributed by atoms with van der Waals surface area (Å²) in [7, 11) is -0.267. The summed E-state index contributed by atoms with van der Waals surface area (Å²) in [5.41, 5.74) is 0. The van der Waals surface area contributed by atoms with Crippen LogP contribution < -0.4 is 10.0 Å². The van der Waals surface area contributed by atoms with Crippen LogP contribution in [0.2, 0.25) is 4.34 Å². The number of carbonyl (C=O) groups excluding carboxylic acids is 1. The fourth-order valence-electron chi connectivity index (χ4n) is 1.21. The van der Waals surface area contributed by atoms with Crippen molar-refractivity contribution in [3.8, 4) is 0 Å². The second-order valence-electron chi connectivity index (χ2n) is 3.80. The molecular formula is C10H16ClN3O3S2. The van der Waals surface area contributed by atoms with Gasteiger partial charge in [-0.05, 0) is 19.2 Å². The minimum absolute atomic E-state index is 0.100. The Bertz CT molecular complexity index is 530. The number of sulfonamides is 1. The van der Waals surface area contributed by atoms with Gasteiger partial charge in [0.15, 0.2) is 0 Å². The van der Waals surface area contributed by atoms with Crippen molar-refractivity contribution in [2.24, 2.45) is 0 Å². The van der Waals surface area contributed by atoms with Crippen LogP contribution in [0.5, 0.6) is 0 Å². The topological polar surface area (TPSA) is 78.5 Å². The number of carbonyl (C=O) groups is 1. The maximum atomic E-state index is 11.8. The van der Waals surface area contributed by atoms with E-state index in [1.807, 2.05) is 0 Å². The minimum atomic E-state index is -3.67. The highest BCUT2D eigenvalue weighted by molar-refractivity contribution is 7.91. The Balaban J connectivity index is 2.54. The highest BCUT2D eigenvalue weighted by Gasteiger charge is 2.18. The van der Waals surface area contributed by atoms with Gasteiger partial charge in [-0.15, -0.1) is 11.3 Å². The minimum Gasteiger partial charge on any atom is -0.343 e. The van der Waals surface area contributed by atoms with E-state index in [1.165, 1.54) is 17.0 Å². The molecule has 0 aromatic carbocycles. The molecule has 1 rings (SSSR count). The Kier molecular flexibility index (Phi) is 6.21. The predicted molar refractivity (Wildman–Crippen MR) is 76.1 cm³/mol. The molecule has 0 radical (unpaired) electrons. The number of thiophene rings is 1. The molecule has 2 N–H and O–H groups in total. The molecule has 108 valence electrons. The van der Waals surface area contributed by atoms with Crippen molar-refractivity contribution >= 4 is 38.9 Å². The second kappa shape index (κ2) is 7.20. The Morgan fingerprint density at radius 1 is 1.47 bits per heavy atom. The van der Waals surface area contributed by atoms with E-state index in [0.29, 0.717) is 17.4 Å². The first-order valence-electron chi connectivity index (χ1n) is 5.50. The van der Waals surface area contributed by atoms with Gasteiger partial charge in [-0.2, -0.15) is 0 Å². The van der Waals surface area contributed by atoms with Crippen molar-refractivity contribution < 1.29 is 13.2 Å².